The van der Waals surface area contributed by atoms with Gasteiger partial charge in [0.25, 0.3) is 0 Å². The Bertz CT molecular complexity index is 716. The molecule has 1 aliphatic rings. The number of nitrogens with zero attached hydrogens (tertiary/aromatic N) is 2. The van der Waals surface area contributed by atoms with Crippen LogP contribution in [0.2, 0.25) is 0 Å². The molecule has 0 saturated carbocycles. The van der Waals surface area contributed by atoms with Crippen LogP contribution >= 0.6 is 0 Å². The molecule has 0 spiro atoms. The Balaban J connectivity index is 2.41. The highest BCUT2D eigenvalue weighted by atomic mass is 16.3. The summed E-state index contributed by atoms with van der Waals surface area (Å²) in [4.78, 5) is 16.2. The monoisotopic (exact) mass is 273 g/mol. The Labute approximate surface area is 117 Å². The first-order valence-corrected chi connectivity index (χ1v) is 7.02. The number of aromatic hydroxyl groups is 1. The molecule has 0 unspecified atom stereocenters. The van der Waals surface area contributed by atoms with Crippen LogP contribution in [0.15, 0.2) is 6.20 Å². The van der Waals surface area contributed by atoms with Crippen molar-refractivity contribution >= 4 is 22.6 Å². The normalized spacial score (nSPS) is 17.9. The first-order chi connectivity index (χ1) is 9.47. The van der Waals surface area contributed by atoms with Crippen LogP contribution in [0, 0.1) is 0 Å². The molecule has 0 aromatic carbocycles. The molecule has 2 aromatic heterocycles. The first-order valence-electron chi connectivity index (χ1n) is 7.02. The number of pyridine rings is 1. The molecule has 0 bridgehead atoms. The summed E-state index contributed by atoms with van der Waals surface area (Å²) >= 11 is 0. The Morgan fingerprint density at radius 3 is 2.80 bits per heavy atom. The predicted octanol–water partition coefficient (Wildman–Crippen LogP) is 2.94. The van der Waals surface area contributed by atoms with Crippen LogP contribution in [0.4, 0.5) is 5.82 Å². The number of nitrogens with one attached hydrogen (secondary N) is 1. The minimum Gasteiger partial charge on any atom is -0.494 e. The molecule has 2 aromatic rings. The van der Waals surface area contributed by atoms with E-state index in [0.29, 0.717) is 11.3 Å². The van der Waals surface area contributed by atoms with Crippen molar-refractivity contribution < 1.29 is 9.90 Å². The molecule has 1 amide bonds. The van der Waals surface area contributed by atoms with Gasteiger partial charge in [0.1, 0.15) is 17.4 Å². The molecule has 5 nitrogen and oxygen atoms in total. The van der Waals surface area contributed by atoms with Crippen LogP contribution in [0.25, 0.3) is 10.9 Å². The van der Waals surface area contributed by atoms with E-state index in [1.165, 1.54) is 0 Å². The Hall–Kier alpha value is -2.04. The van der Waals surface area contributed by atoms with Crippen LogP contribution in [0.5, 0.6) is 5.88 Å². The number of hydrogen-bond donors (Lipinski definition) is 2. The highest BCUT2D eigenvalue weighted by molar-refractivity contribution is 6.08. The van der Waals surface area contributed by atoms with Gasteiger partial charge in [0.15, 0.2) is 0 Å². The average Bonchev–Trinajstić information content (AvgIpc) is 2.86. The quantitative estimate of drug-likeness (QED) is 0.884. The van der Waals surface area contributed by atoms with Gasteiger partial charge in [-0.15, -0.1) is 0 Å². The highest BCUT2D eigenvalue weighted by Crippen LogP contribution is 2.44. The van der Waals surface area contributed by atoms with E-state index >= 15 is 0 Å². The fraction of sp³-hybridized carbons (Fsp3) is 0.467. The van der Waals surface area contributed by atoms with Gasteiger partial charge in [0, 0.05) is 6.20 Å². The largest absolute Gasteiger partial charge is 0.494 e. The summed E-state index contributed by atoms with van der Waals surface area (Å²) in [6, 6.07) is -0.399. The van der Waals surface area contributed by atoms with E-state index in [4.69, 9.17) is 0 Å². The first kappa shape index (κ1) is 13.0. The van der Waals surface area contributed by atoms with Crippen molar-refractivity contribution in [2.24, 2.45) is 0 Å². The van der Waals surface area contributed by atoms with E-state index in [1.54, 1.807) is 11.5 Å². The number of amides is 1. The lowest BCUT2D eigenvalue weighted by atomic mass is 9.94. The van der Waals surface area contributed by atoms with Gasteiger partial charge in [-0.05, 0) is 30.4 Å². The fourth-order valence-corrected chi connectivity index (χ4v) is 3.09. The van der Waals surface area contributed by atoms with Gasteiger partial charge >= 0.3 is 0 Å². The standard InChI is InChI=1S/C15H19N3O2/c1-5-9-6-16-12-11(10(9)7(2)3)15(20)18-8(4)14(19)17-13(12)18/h6-8,20H,5H2,1-4H3,(H,17,19)/t8-/m1/s1. The zero-order valence-corrected chi connectivity index (χ0v) is 12.2. The van der Waals surface area contributed by atoms with Crippen molar-refractivity contribution in [1.29, 1.82) is 0 Å². The molecule has 3 heterocycles. The van der Waals surface area contributed by atoms with Gasteiger partial charge in [0.05, 0.1) is 5.39 Å². The number of carbonyl (C=O) groups excluding carboxylic acids is 1. The van der Waals surface area contributed by atoms with Crippen molar-refractivity contribution in [3.8, 4) is 5.88 Å². The molecule has 3 rings (SSSR count). The Morgan fingerprint density at radius 2 is 2.20 bits per heavy atom. The molecular weight excluding hydrogens is 254 g/mol. The second-order valence-corrected chi connectivity index (χ2v) is 5.64. The number of hydrogen-bond acceptors (Lipinski definition) is 3. The lowest BCUT2D eigenvalue weighted by Gasteiger charge is -2.13. The maximum atomic E-state index is 11.8. The summed E-state index contributed by atoms with van der Waals surface area (Å²) in [5.41, 5.74) is 2.95. The molecule has 2 N–H and O–H groups in total. The summed E-state index contributed by atoms with van der Waals surface area (Å²) in [6.45, 7) is 8.08. The summed E-state index contributed by atoms with van der Waals surface area (Å²) in [7, 11) is 0. The second kappa shape index (κ2) is 4.23. The third kappa shape index (κ3) is 1.49. The number of aromatic nitrogens is 2. The summed E-state index contributed by atoms with van der Waals surface area (Å²) < 4.78 is 1.64. The number of fused-ring (bicyclic) bond motifs is 3. The smallest absolute Gasteiger partial charge is 0.248 e. The fourth-order valence-electron chi connectivity index (χ4n) is 3.09. The van der Waals surface area contributed by atoms with Crippen LogP contribution in [0.1, 0.15) is 50.8 Å². The molecule has 106 valence electrons. The number of anilines is 1. The van der Waals surface area contributed by atoms with E-state index in [-0.39, 0.29) is 17.7 Å². The molecule has 5 heteroatoms. The van der Waals surface area contributed by atoms with E-state index in [1.807, 2.05) is 6.20 Å². The molecule has 0 fully saturated rings. The maximum absolute atomic E-state index is 11.8. The van der Waals surface area contributed by atoms with Gasteiger partial charge in [0.2, 0.25) is 11.8 Å². The van der Waals surface area contributed by atoms with E-state index < -0.39 is 6.04 Å². The molecular formula is C15H19N3O2. The second-order valence-electron chi connectivity index (χ2n) is 5.64. The lowest BCUT2D eigenvalue weighted by molar-refractivity contribution is -0.117. The average molecular weight is 273 g/mol. The number of rotatable bonds is 2. The van der Waals surface area contributed by atoms with Crippen molar-refractivity contribution in [2.45, 2.75) is 46.1 Å². The number of aryl methyl sites for hydroxylation is 1. The van der Waals surface area contributed by atoms with Gasteiger partial charge in [-0.25, -0.2) is 0 Å². The van der Waals surface area contributed by atoms with Gasteiger partial charge < -0.3 is 10.4 Å². The molecule has 20 heavy (non-hydrogen) atoms. The Kier molecular flexibility index (Phi) is 2.74. The molecule has 1 atom stereocenters. The topological polar surface area (TPSA) is 67.1 Å². The van der Waals surface area contributed by atoms with Crippen LogP contribution in [0.3, 0.4) is 0 Å². The van der Waals surface area contributed by atoms with Gasteiger partial charge in [-0.3, -0.25) is 14.3 Å². The van der Waals surface area contributed by atoms with E-state index in [9.17, 15) is 9.90 Å². The minimum absolute atomic E-state index is 0.107. The van der Waals surface area contributed by atoms with Crippen molar-refractivity contribution in [3.63, 3.8) is 0 Å². The van der Waals surface area contributed by atoms with Crippen molar-refractivity contribution in [2.75, 3.05) is 5.32 Å². The maximum Gasteiger partial charge on any atom is 0.248 e. The summed E-state index contributed by atoms with van der Waals surface area (Å²) in [6.07, 6.45) is 2.73. The number of carbonyl (C=O) groups is 1. The van der Waals surface area contributed by atoms with Crippen molar-refractivity contribution in [1.82, 2.24) is 9.55 Å². The van der Waals surface area contributed by atoms with E-state index in [2.05, 4.69) is 31.1 Å². The molecule has 0 saturated heterocycles. The van der Waals surface area contributed by atoms with Crippen LogP contribution < -0.4 is 5.32 Å². The van der Waals surface area contributed by atoms with Gasteiger partial charge in [-0.2, -0.15) is 0 Å². The third-order valence-corrected chi connectivity index (χ3v) is 4.09. The van der Waals surface area contributed by atoms with Crippen molar-refractivity contribution in [3.05, 3.63) is 17.3 Å². The molecule has 0 aliphatic carbocycles. The summed E-state index contributed by atoms with van der Waals surface area (Å²) in [5, 5.41) is 14.2. The predicted molar refractivity (Wildman–Crippen MR) is 78.2 cm³/mol. The lowest BCUT2D eigenvalue weighted by Crippen LogP contribution is -2.12. The SMILES string of the molecule is CCc1cnc2c3n(c(O)c2c1C(C)C)[C@H](C)C(=O)N3. The summed E-state index contributed by atoms with van der Waals surface area (Å²) in [5.74, 6) is 0.937. The minimum atomic E-state index is -0.399. The van der Waals surface area contributed by atoms with E-state index in [0.717, 1.165) is 22.9 Å². The highest BCUT2D eigenvalue weighted by Gasteiger charge is 2.34. The molecule has 0 radical (unpaired) electrons. The third-order valence-electron chi connectivity index (χ3n) is 4.09. The zero-order chi connectivity index (χ0) is 14.6. The van der Waals surface area contributed by atoms with Crippen LogP contribution in [-0.4, -0.2) is 20.6 Å². The van der Waals surface area contributed by atoms with Gasteiger partial charge in [-0.1, -0.05) is 20.8 Å². The zero-order valence-electron chi connectivity index (χ0n) is 12.2. The molecule has 1 aliphatic heterocycles. The Morgan fingerprint density at radius 1 is 1.50 bits per heavy atom. The van der Waals surface area contributed by atoms with Crippen LogP contribution in [-0.2, 0) is 11.2 Å².